The monoisotopic (exact) mass is 269 g/mol. The fourth-order valence-corrected chi connectivity index (χ4v) is 1.38. The van der Waals surface area contributed by atoms with Gasteiger partial charge < -0.3 is 14.6 Å². The molecule has 0 aromatic carbocycles. The van der Waals surface area contributed by atoms with Gasteiger partial charge in [-0.15, -0.1) is 10.2 Å². The van der Waals surface area contributed by atoms with Crippen molar-refractivity contribution in [1.82, 2.24) is 29.7 Å². The topological polar surface area (TPSA) is 90.6 Å². The van der Waals surface area contributed by atoms with E-state index in [0.29, 0.717) is 19.1 Å². The number of hydrogen-bond acceptors (Lipinski definition) is 7. The third-order valence-corrected chi connectivity index (χ3v) is 2.24. The predicted molar refractivity (Wildman–Crippen MR) is 64.3 cm³/mol. The predicted octanol–water partition coefficient (Wildman–Crippen LogP) is 0.664. The van der Waals surface area contributed by atoms with Crippen LogP contribution >= 0.6 is 11.6 Å². The maximum atomic E-state index is 5.76. The molecule has 1 N–H and O–H groups in total. The number of anilines is 1. The molecular weight excluding hydrogens is 258 g/mol. The Morgan fingerprint density at radius 1 is 1.39 bits per heavy atom. The second-order valence-corrected chi connectivity index (χ2v) is 3.69. The Labute approximate surface area is 108 Å². The molecule has 18 heavy (non-hydrogen) atoms. The minimum atomic E-state index is 0.0777. The maximum Gasteiger partial charge on any atom is 0.322 e. The van der Waals surface area contributed by atoms with Gasteiger partial charge in [-0.05, 0) is 18.5 Å². The molecule has 0 radical (unpaired) electrons. The summed E-state index contributed by atoms with van der Waals surface area (Å²) in [6.45, 7) is 2.73. The van der Waals surface area contributed by atoms with E-state index in [-0.39, 0.29) is 11.3 Å². The van der Waals surface area contributed by atoms with Crippen LogP contribution in [0.4, 0.5) is 5.95 Å². The van der Waals surface area contributed by atoms with Crippen LogP contribution in [0.1, 0.15) is 12.7 Å². The summed E-state index contributed by atoms with van der Waals surface area (Å²) in [5.74, 6) is 1.09. The van der Waals surface area contributed by atoms with Crippen molar-refractivity contribution in [2.24, 2.45) is 7.05 Å². The van der Waals surface area contributed by atoms with Gasteiger partial charge in [0.2, 0.25) is 11.2 Å². The van der Waals surface area contributed by atoms with Gasteiger partial charge in [-0.2, -0.15) is 15.0 Å². The minimum Gasteiger partial charge on any atom is -0.464 e. The third-order valence-electron chi connectivity index (χ3n) is 2.07. The van der Waals surface area contributed by atoms with Crippen molar-refractivity contribution in [3.63, 3.8) is 0 Å². The zero-order valence-electron chi connectivity index (χ0n) is 9.96. The third kappa shape index (κ3) is 3.04. The number of halogens is 1. The Balaban J connectivity index is 2.07. The number of rotatable bonds is 5. The highest BCUT2D eigenvalue weighted by Gasteiger charge is 2.07. The fourth-order valence-electron chi connectivity index (χ4n) is 1.23. The first kappa shape index (κ1) is 12.5. The summed E-state index contributed by atoms with van der Waals surface area (Å²) in [7, 11) is 1.85. The zero-order valence-corrected chi connectivity index (χ0v) is 10.7. The van der Waals surface area contributed by atoms with Gasteiger partial charge >= 0.3 is 6.01 Å². The van der Waals surface area contributed by atoms with Gasteiger partial charge in [-0.1, -0.05) is 0 Å². The highest BCUT2D eigenvalue weighted by atomic mass is 35.5. The average molecular weight is 270 g/mol. The summed E-state index contributed by atoms with van der Waals surface area (Å²) in [4.78, 5) is 11.8. The molecule has 0 saturated carbocycles. The van der Waals surface area contributed by atoms with Gasteiger partial charge in [0.05, 0.1) is 13.2 Å². The Morgan fingerprint density at radius 3 is 2.89 bits per heavy atom. The summed E-state index contributed by atoms with van der Waals surface area (Å²) in [6, 6.07) is 0.193. The molecule has 9 heteroatoms. The van der Waals surface area contributed by atoms with Crippen LogP contribution in [0.25, 0.3) is 0 Å². The van der Waals surface area contributed by atoms with E-state index >= 15 is 0 Å². The lowest BCUT2D eigenvalue weighted by Crippen LogP contribution is -2.10. The van der Waals surface area contributed by atoms with Crippen molar-refractivity contribution in [3.8, 4) is 6.01 Å². The molecule has 0 unspecified atom stereocenters. The van der Waals surface area contributed by atoms with Crippen LogP contribution in [0.3, 0.4) is 0 Å². The van der Waals surface area contributed by atoms with Gasteiger partial charge in [0, 0.05) is 7.05 Å². The normalized spacial score (nSPS) is 10.4. The zero-order chi connectivity index (χ0) is 13.0. The van der Waals surface area contributed by atoms with Crippen LogP contribution in [0.15, 0.2) is 6.33 Å². The van der Waals surface area contributed by atoms with Crippen LogP contribution in [-0.2, 0) is 13.6 Å². The largest absolute Gasteiger partial charge is 0.464 e. The molecule has 0 amide bonds. The Hall–Kier alpha value is -1.96. The number of aryl methyl sites for hydroxylation is 1. The Bertz CT molecular complexity index is 529. The van der Waals surface area contributed by atoms with Gasteiger partial charge in [-0.25, -0.2) is 0 Å². The van der Waals surface area contributed by atoms with E-state index in [1.807, 2.05) is 14.0 Å². The minimum absolute atomic E-state index is 0.0777. The molecule has 0 aliphatic heterocycles. The first-order chi connectivity index (χ1) is 8.69. The van der Waals surface area contributed by atoms with E-state index < -0.39 is 0 Å². The first-order valence-corrected chi connectivity index (χ1v) is 5.68. The van der Waals surface area contributed by atoms with E-state index in [9.17, 15) is 0 Å². The first-order valence-electron chi connectivity index (χ1n) is 5.30. The molecule has 8 nitrogen and oxygen atoms in total. The van der Waals surface area contributed by atoms with E-state index in [1.54, 1.807) is 10.9 Å². The van der Waals surface area contributed by atoms with Crippen molar-refractivity contribution in [1.29, 1.82) is 0 Å². The van der Waals surface area contributed by atoms with Crippen LogP contribution in [0.5, 0.6) is 6.01 Å². The van der Waals surface area contributed by atoms with Crippen LogP contribution in [-0.4, -0.2) is 36.3 Å². The number of nitrogens with one attached hydrogen (secondary N) is 1. The summed E-state index contributed by atoms with van der Waals surface area (Å²) in [5.41, 5.74) is 0. The van der Waals surface area contributed by atoms with E-state index in [2.05, 4.69) is 30.5 Å². The summed E-state index contributed by atoms with van der Waals surface area (Å²) in [5, 5.41) is 10.7. The highest BCUT2D eigenvalue weighted by molar-refractivity contribution is 6.28. The number of aromatic nitrogens is 6. The lowest BCUT2D eigenvalue weighted by molar-refractivity contribution is 0.312. The quantitative estimate of drug-likeness (QED) is 0.853. The highest BCUT2D eigenvalue weighted by Crippen LogP contribution is 2.11. The van der Waals surface area contributed by atoms with Crippen molar-refractivity contribution >= 4 is 17.5 Å². The summed E-state index contributed by atoms with van der Waals surface area (Å²) < 4.78 is 6.96. The summed E-state index contributed by atoms with van der Waals surface area (Å²) >= 11 is 5.76. The Kier molecular flexibility index (Phi) is 3.88. The SMILES string of the molecule is CCOc1nc(Cl)nc(NCc2nncn2C)n1. The average Bonchev–Trinajstić information content (AvgIpc) is 2.72. The van der Waals surface area contributed by atoms with Crippen molar-refractivity contribution in [2.75, 3.05) is 11.9 Å². The van der Waals surface area contributed by atoms with Crippen molar-refractivity contribution in [2.45, 2.75) is 13.5 Å². The molecule has 0 spiro atoms. The number of nitrogens with zero attached hydrogens (tertiary/aromatic N) is 6. The second-order valence-electron chi connectivity index (χ2n) is 3.36. The van der Waals surface area contributed by atoms with E-state index in [1.165, 1.54) is 0 Å². The van der Waals surface area contributed by atoms with Gasteiger partial charge in [-0.3, -0.25) is 0 Å². The second kappa shape index (κ2) is 5.58. The molecule has 0 bridgehead atoms. The fraction of sp³-hybridized carbons (Fsp3) is 0.444. The standard InChI is InChI=1S/C9H12ClN7O/c1-3-18-9-14-7(10)13-8(15-9)11-4-6-16-12-5-17(6)2/h5H,3-4H2,1-2H3,(H,11,13,14,15). The Morgan fingerprint density at radius 2 is 2.22 bits per heavy atom. The molecule has 0 aliphatic rings. The van der Waals surface area contributed by atoms with Crippen LogP contribution in [0.2, 0.25) is 5.28 Å². The molecule has 2 rings (SSSR count). The van der Waals surface area contributed by atoms with E-state index in [0.717, 1.165) is 5.82 Å². The molecule has 2 aromatic rings. The number of ether oxygens (including phenoxy) is 1. The molecule has 0 atom stereocenters. The smallest absolute Gasteiger partial charge is 0.322 e. The molecular formula is C9H12ClN7O. The van der Waals surface area contributed by atoms with Gasteiger partial charge in [0.25, 0.3) is 0 Å². The van der Waals surface area contributed by atoms with E-state index in [4.69, 9.17) is 16.3 Å². The molecule has 2 aromatic heterocycles. The van der Waals surface area contributed by atoms with Crippen molar-refractivity contribution < 1.29 is 4.74 Å². The van der Waals surface area contributed by atoms with Crippen LogP contribution < -0.4 is 10.1 Å². The lowest BCUT2D eigenvalue weighted by Gasteiger charge is -2.06. The molecule has 0 aliphatic carbocycles. The summed E-state index contributed by atoms with van der Waals surface area (Å²) in [6.07, 6.45) is 1.61. The van der Waals surface area contributed by atoms with Crippen molar-refractivity contribution in [3.05, 3.63) is 17.4 Å². The molecule has 0 fully saturated rings. The van der Waals surface area contributed by atoms with Crippen LogP contribution in [0, 0.1) is 0 Å². The molecule has 0 saturated heterocycles. The molecule has 2 heterocycles. The lowest BCUT2D eigenvalue weighted by atomic mass is 10.6. The molecule has 96 valence electrons. The van der Waals surface area contributed by atoms with Gasteiger partial charge in [0.1, 0.15) is 6.33 Å². The van der Waals surface area contributed by atoms with Gasteiger partial charge in [0.15, 0.2) is 5.82 Å². The maximum absolute atomic E-state index is 5.76. The number of hydrogen-bond donors (Lipinski definition) is 1.